The highest BCUT2D eigenvalue weighted by Gasteiger charge is 2.13. The van der Waals surface area contributed by atoms with E-state index in [2.05, 4.69) is 32.8 Å². The van der Waals surface area contributed by atoms with E-state index in [4.69, 9.17) is 0 Å². The lowest BCUT2D eigenvalue weighted by Crippen LogP contribution is -2.30. The molecule has 0 atom stereocenters. The molecule has 0 aliphatic carbocycles. The number of hydrogen-bond acceptors (Lipinski definition) is 3. The van der Waals surface area contributed by atoms with Gasteiger partial charge in [-0.2, -0.15) is 5.10 Å². The van der Waals surface area contributed by atoms with Crippen LogP contribution in [0.15, 0.2) is 67.0 Å². The second-order valence-electron chi connectivity index (χ2n) is 7.38. The van der Waals surface area contributed by atoms with Crippen molar-refractivity contribution in [3.8, 4) is 0 Å². The lowest BCUT2D eigenvalue weighted by Gasteiger charge is -2.17. The molecule has 0 fully saturated rings. The van der Waals surface area contributed by atoms with E-state index >= 15 is 0 Å². The molecule has 0 spiro atoms. The fourth-order valence-electron chi connectivity index (χ4n) is 3.38. The highest BCUT2D eigenvalue weighted by Crippen LogP contribution is 2.20. The van der Waals surface area contributed by atoms with Gasteiger partial charge in [0.25, 0.3) is 5.91 Å². The molecule has 2 heterocycles. The summed E-state index contributed by atoms with van der Waals surface area (Å²) >= 11 is 0. The number of aromatic nitrogens is 3. The normalized spacial score (nSPS) is 10.8. The van der Waals surface area contributed by atoms with Crippen LogP contribution in [-0.4, -0.2) is 45.7 Å². The number of anilines is 1. The first-order chi connectivity index (χ1) is 15.0. The van der Waals surface area contributed by atoms with Crippen molar-refractivity contribution in [3.63, 3.8) is 0 Å². The largest absolute Gasteiger partial charge is 0.354 e. The number of amides is 3. The Balaban J connectivity index is 1.38. The third-order valence-corrected chi connectivity index (χ3v) is 4.98. The molecule has 0 bridgehead atoms. The van der Waals surface area contributed by atoms with E-state index in [1.54, 1.807) is 37.3 Å². The van der Waals surface area contributed by atoms with Gasteiger partial charge in [0.2, 0.25) is 0 Å². The minimum absolute atomic E-state index is 0.186. The molecule has 31 heavy (non-hydrogen) atoms. The van der Waals surface area contributed by atoms with Crippen LogP contribution in [0.4, 0.5) is 10.5 Å². The fourth-order valence-corrected chi connectivity index (χ4v) is 3.38. The maximum atomic E-state index is 12.6. The number of rotatable bonds is 6. The van der Waals surface area contributed by atoms with Crippen molar-refractivity contribution in [2.45, 2.75) is 13.1 Å². The van der Waals surface area contributed by atoms with Crippen molar-refractivity contribution in [3.05, 3.63) is 83.8 Å². The van der Waals surface area contributed by atoms with E-state index in [1.807, 2.05) is 41.2 Å². The summed E-state index contributed by atoms with van der Waals surface area (Å²) in [7, 11) is 3.32. The van der Waals surface area contributed by atoms with Crippen LogP contribution >= 0.6 is 0 Å². The number of urea groups is 1. The lowest BCUT2D eigenvalue weighted by atomic mass is 10.2. The summed E-state index contributed by atoms with van der Waals surface area (Å²) in [4.78, 5) is 29.1. The molecule has 4 rings (SSSR count). The Morgan fingerprint density at radius 1 is 1.10 bits per heavy atom. The SMILES string of the molecule is CNC(=O)c1cc2cc(NC(=O)N(C)Cc3cnn(Cc4ccccc4)c3)ccc2[nH]1. The minimum Gasteiger partial charge on any atom is -0.354 e. The maximum absolute atomic E-state index is 12.6. The number of aromatic amines is 1. The van der Waals surface area contributed by atoms with Crippen LogP contribution in [0, 0.1) is 0 Å². The van der Waals surface area contributed by atoms with Crippen molar-refractivity contribution < 1.29 is 9.59 Å². The third-order valence-electron chi connectivity index (χ3n) is 4.98. The minimum atomic E-state index is -0.225. The van der Waals surface area contributed by atoms with Gasteiger partial charge in [0, 0.05) is 42.4 Å². The average Bonchev–Trinajstić information content (AvgIpc) is 3.40. The first kappa shape index (κ1) is 20.2. The summed E-state index contributed by atoms with van der Waals surface area (Å²) in [6.07, 6.45) is 3.72. The van der Waals surface area contributed by atoms with Gasteiger partial charge in [-0.3, -0.25) is 9.48 Å². The summed E-state index contributed by atoms with van der Waals surface area (Å²) in [6.45, 7) is 1.12. The molecule has 3 N–H and O–H groups in total. The van der Waals surface area contributed by atoms with E-state index in [-0.39, 0.29) is 11.9 Å². The van der Waals surface area contributed by atoms with Gasteiger partial charge in [-0.05, 0) is 29.8 Å². The van der Waals surface area contributed by atoms with Crippen LogP contribution < -0.4 is 10.6 Å². The van der Waals surface area contributed by atoms with Crippen molar-refractivity contribution in [1.29, 1.82) is 0 Å². The van der Waals surface area contributed by atoms with Gasteiger partial charge >= 0.3 is 6.03 Å². The summed E-state index contributed by atoms with van der Waals surface area (Å²) in [6, 6.07) is 17.1. The molecule has 0 aliphatic rings. The Kier molecular flexibility index (Phi) is 5.70. The molecule has 3 amide bonds. The second kappa shape index (κ2) is 8.74. The predicted octanol–water partition coefficient (Wildman–Crippen LogP) is 3.44. The quantitative estimate of drug-likeness (QED) is 0.449. The van der Waals surface area contributed by atoms with E-state index < -0.39 is 0 Å². The molecule has 0 unspecified atom stereocenters. The van der Waals surface area contributed by atoms with Crippen LogP contribution in [0.2, 0.25) is 0 Å². The Morgan fingerprint density at radius 2 is 1.90 bits per heavy atom. The average molecular weight is 416 g/mol. The highest BCUT2D eigenvalue weighted by atomic mass is 16.2. The summed E-state index contributed by atoms with van der Waals surface area (Å²) in [5.41, 5.74) is 4.08. The first-order valence-electron chi connectivity index (χ1n) is 9.94. The van der Waals surface area contributed by atoms with Crippen molar-refractivity contribution in [2.75, 3.05) is 19.4 Å². The van der Waals surface area contributed by atoms with Crippen LogP contribution in [0.5, 0.6) is 0 Å². The molecule has 0 saturated heterocycles. The predicted molar refractivity (Wildman–Crippen MR) is 120 cm³/mol. The Labute approximate surface area is 179 Å². The number of benzene rings is 2. The maximum Gasteiger partial charge on any atom is 0.321 e. The highest BCUT2D eigenvalue weighted by molar-refractivity contribution is 5.99. The summed E-state index contributed by atoms with van der Waals surface area (Å²) in [5.74, 6) is -0.186. The van der Waals surface area contributed by atoms with Gasteiger partial charge in [-0.25, -0.2) is 4.79 Å². The van der Waals surface area contributed by atoms with Gasteiger partial charge < -0.3 is 20.5 Å². The van der Waals surface area contributed by atoms with E-state index in [1.165, 1.54) is 5.56 Å². The van der Waals surface area contributed by atoms with E-state index in [9.17, 15) is 9.59 Å². The molecule has 0 radical (unpaired) electrons. The summed E-state index contributed by atoms with van der Waals surface area (Å²) < 4.78 is 1.86. The molecule has 2 aromatic heterocycles. The summed E-state index contributed by atoms with van der Waals surface area (Å²) in [5, 5.41) is 10.7. The van der Waals surface area contributed by atoms with Gasteiger partial charge in [-0.1, -0.05) is 30.3 Å². The number of carbonyl (C=O) groups excluding carboxylic acids is 2. The molecular weight excluding hydrogens is 392 g/mol. The van der Waals surface area contributed by atoms with Crippen molar-refractivity contribution in [1.82, 2.24) is 25.0 Å². The molecule has 8 nitrogen and oxygen atoms in total. The number of carbonyl (C=O) groups is 2. The topological polar surface area (TPSA) is 95.1 Å². The molecule has 158 valence electrons. The fraction of sp³-hybridized carbons (Fsp3) is 0.174. The Hall–Kier alpha value is -4.07. The Morgan fingerprint density at radius 3 is 2.68 bits per heavy atom. The lowest BCUT2D eigenvalue weighted by molar-refractivity contribution is 0.0959. The third kappa shape index (κ3) is 4.75. The monoisotopic (exact) mass is 416 g/mol. The van der Waals surface area contributed by atoms with E-state index in [0.717, 1.165) is 16.5 Å². The number of fused-ring (bicyclic) bond motifs is 1. The van der Waals surface area contributed by atoms with Crippen LogP contribution in [0.25, 0.3) is 10.9 Å². The van der Waals surface area contributed by atoms with Crippen molar-refractivity contribution >= 4 is 28.5 Å². The molecule has 8 heteroatoms. The van der Waals surface area contributed by atoms with Gasteiger partial charge in [-0.15, -0.1) is 0 Å². The zero-order chi connectivity index (χ0) is 21.8. The van der Waals surface area contributed by atoms with Gasteiger partial charge in [0.15, 0.2) is 0 Å². The molecule has 0 saturated carbocycles. The second-order valence-corrected chi connectivity index (χ2v) is 7.38. The van der Waals surface area contributed by atoms with Gasteiger partial charge in [0.1, 0.15) is 5.69 Å². The molecule has 4 aromatic rings. The number of nitrogens with zero attached hydrogens (tertiary/aromatic N) is 3. The number of nitrogens with one attached hydrogen (secondary N) is 3. The van der Waals surface area contributed by atoms with Gasteiger partial charge in [0.05, 0.1) is 19.3 Å². The van der Waals surface area contributed by atoms with Crippen LogP contribution in [0.1, 0.15) is 21.6 Å². The Bertz CT molecular complexity index is 1210. The zero-order valence-electron chi connectivity index (χ0n) is 17.4. The van der Waals surface area contributed by atoms with Crippen LogP contribution in [-0.2, 0) is 13.1 Å². The smallest absolute Gasteiger partial charge is 0.321 e. The van der Waals surface area contributed by atoms with E-state index in [0.29, 0.717) is 24.5 Å². The standard InChI is InChI=1S/C23H24N6O2/c1-24-22(30)21-11-18-10-19(8-9-20(18)27-21)26-23(31)28(2)13-17-12-25-29(15-17)14-16-6-4-3-5-7-16/h3-12,15,27H,13-14H2,1-2H3,(H,24,30)(H,26,31). The zero-order valence-corrected chi connectivity index (χ0v) is 17.4. The molecular formula is C23H24N6O2. The molecule has 0 aliphatic heterocycles. The number of hydrogen-bond donors (Lipinski definition) is 3. The first-order valence-corrected chi connectivity index (χ1v) is 9.94. The molecule has 2 aromatic carbocycles. The van der Waals surface area contributed by atoms with Crippen molar-refractivity contribution in [2.24, 2.45) is 0 Å². The number of H-pyrrole nitrogens is 1. The van der Waals surface area contributed by atoms with Crippen LogP contribution in [0.3, 0.4) is 0 Å².